The number of hydrazone groups is 1. The monoisotopic (exact) mass is 579 g/mol. The van der Waals surface area contributed by atoms with Crippen molar-refractivity contribution in [1.82, 2.24) is 9.99 Å². The van der Waals surface area contributed by atoms with Crippen LogP contribution in [0.2, 0.25) is 5.02 Å². The van der Waals surface area contributed by atoms with Crippen LogP contribution in [-0.2, 0) is 6.61 Å². The van der Waals surface area contributed by atoms with Crippen LogP contribution in [-0.4, -0.2) is 23.3 Å². The van der Waals surface area contributed by atoms with E-state index in [0.29, 0.717) is 35.3 Å². The summed E-state index contributed by atoms with van der Waals surface area (Å²) >= 11 is 9.53. The predicted octanol–water partition coefficient (Wildman–Crippen LogP) is 7.25. The van der Waals surface area contributed by atoms with Gasteiger partial charge in [0.2, 0.25) is 0 Å². The van der Waals surface area contributed by atoms with Crippen molar-refractivity contribution in [2.45, 2.75) is 27.4 Å². The number of carbonyl (C=O) groups is 1. The average molecular weight is 581 g/mol. The van der Waals surface area contributed by atoms with Gasteiger partial charge in [0.1, 0.15) is 6.61 Å². The van der Waals surface area contributed by atoms with Gasteiger partial charge in [-0.3, -0.25) is 4.79 Å². The van der Waals surface area contributed by atoms with E-state index in [1.54, 1.807) is 12.3 Å². The van der Waals surface area contributed by atoms with Crippen LogP contribution in [0.3, 0.4) is 0 Å². The third-order valence-corrected chi connectivity index (χ3v) is 6.62. The molecule has 0 unspecified atom stereocenters. The van der Waals surface area contributed by atoms with Crippen LogP contribution in [0.1, 0.15) is 39.8 Å². The lowest BCUT2D eigenvalue weighted by atomic mass is 10.2. The molecular weight excluding hydrogens is 554 g/mol. The van der Waals surface area contributed by atoms with Crippen molar-refractivity contribution >= 4 is 39.7 Å². The van der Waals surface area contributed by atoms with Gasteiger partial charge in [-0.25, -0.2) is 5.43 Å². The third kappa shape index (κ3) is 6.61. The van der Waals surface area contributed by atoms with E-state index in [2.05, 4.69) is 43.2 Å². The van der Waals surface area contributed by atoms with Crippen LogP contribution < -0.4 is 14.9 Å². The van der Waals surface area contributed by atoms with Gasteiger partial charge in [-0.1, -0.05) is 29.8 Å². The largest absolute Gasteiger partial charge is 0.490 e. The molecule has 0 atom stereocenters. The zero-order valence-electron chi connectivity index (χ0n) is 20.8. The molecule has 0 saturated heterocycles. The smallest absolute Gasteiger partial charge is 0.271 e. The van der Waals surface area contributed by atoms with Crippen molar-refractivity contribution in [3.05, 3.63) is 110 Å². The van der Waals surface area contributed by atoms with Gasteiger partial charge in [0.25, 0.3) is 5.91 Å². The second-order valence-electron chi connectivity index (χ2n) is 8.37. The van der Waals surface area contributed by atoms with E-state index in [9.17, 15) is 4.79 Å². The molecule has 4 aromatic rings. The summed E-state index contributed by atoms with van der Waals surface area (Å²) in [6, 6.07) is 22.7. The molecule has 0 radical (unpaired) electrons. The number of aromatic nitrogens is 1. The van der Waals surface area contributed by atoms with Gasteiger partial charge in [0, 0.05) is 37.7 Å². The van der Waals surface area contributed by atoms with Crippen LogP contribution >= 0.6 is 27.5 Å². The fourth-order valence-electron chi connectivity index (χ4n) is 3.86. The Hall–Kier alpha value is -3.55. The normalized spacial score (nSPS) is 11.1. The molecule has 4 rings (SSSR count). The molecule has 0 aliphatic heterocycles. The van der Waals surface area contributed by atoms with E-state index in [1.807, 2.05) is 75.4 Å². The van der Waals surface area contributed by atoms with Crippen LogP contribution in [0.4, 0.5) is 0 Å². The first-order valence-electron chi connectivity index (χ1n) is 11.8. The first-order chi connectivity index (χ1) is 17.9. The zero-order chi connectivity index (χ0) is 26.4. The molecule has 0 aliphatic rings. The standard InChI is InChI=1S/C29H27BrClN3O3/c1-4-36-27-15-23(26(30)16-28(27)37-18-21-10-12-24(31)13-11-21)17-32-33-29(35)22-6-5-7-25(14-22)34-19(2)8-9-20(34)3/h5-17H,4,18H2,1-3H3,(H,33,35)/b32-17-. The summed E-state index contributed by atoms with van der Waals surface area (Å²) in [4.78, 5) is 12.8. The van der Waals surface area contributed by atoms with E-state index in [1.165, 1.54) is 0 Å². The molecule has 1 aromatic heterocycles. The number of ether oxygens (including phenoxy) is 2. The van der Waals surface area contributed by atoms with Crippen LogP contribution in [0.15, 0.2) is 82.4 Å². The second kappa shape index (κ2) is 12.1. The Morgan fingerprint density at radius 3 is 2.41 bits per heavy atom. The third-order valence-electron chi connectivity index (χ3n) is 5.68. The van der Waals surface area contributed by atoms with Crippen molar-refractivity contribution in [2.75, 3.05) is 6.61 Å². The van der Waals surface area contributed by atoms with Gasteiger partial charge in [-0.05, 0) is 96.9 Å². The molecule has 0 saturated carbocycles. The van der Waals surface area contributed by atoms with Crippen molar-refractivity contribution < 1.29 is 14.3 Å². The summed E-state index contributed by atoms with van der Waals surface area (Å²) in [5.74, 6) is 0.875. The number of benzene rings is 3. The first kappa shape index (κ1) is 26.5. The number of amides is 1. The van der Waals surface area contributed by atoms with Gasteiger partial charge in [-0.15, -0.1) is 0 Å². The molecule has 6 nitrogen and oxygen atoms in total. The number of halogens is 2. The number of aryl methyl sites for hydroxylation is 2. The molecule has 8 heteroatoms. The number of hydrogen-bond donors (Lipinski definition) is 1. The lowest BCUT2D eigenvalue weighted by Crippen LogP contribution is -2.18. The van der Waals surface area contributed by atoms with E-state index in [4.69, 9.17) is 21.1 Å². The summed E-state index contributed by atoms with van der Waals surface area (Å²) in [5, 5.41) is 4.85. The van der Waals surface area contributed by atoms with E-state index in [0.717, 1.165) is 32.7 Å². The Labute approximate surface area is 230 Å². The maximum Gasteiger partial charge on any atom is 0.271 e. The fourth-order valence-corrected chi connectivity index (χ4v) is 4.41. The highest BCUT2D eigenvalue weighted by Crippen LogP contribution is 2.34. The van der Waals surface area contributed by atoms with E-state index in [-0.39, 0.29) is 5.91 Å². The van der Waals surface area contributed by atoms with Crippen molar-refractivity contribution in [1.29, 1.82) is 0 Å². The van der Waals surface area contributed by atoms with E-state index >= 15 is 0 Å². The Morgan fingerprint density at radius 2 is 1.70 bits per heavy atom. The van der Waals surface area contributed by atoms with Gasteiger partial charge in [0.15, 0.2) is 11.5 Å². The topological polar surface area (TPSA) is 64.8 Å². The predicted molar refractivity (Wildman–Crippen MR) is 151 cm³/mol. The molecule has 1 heterocycles. The molecular formula is C29H27BrClN3O3. The van der Waals surface area contributed by atoms with Crippen LogP contribution in [0, 0.1) is 13.8 Å². The lowest BCUT2D eigenvalue weighted by molar-refractivity contribution is 0.0955. The first-order valence-corrected chi connectivity index (χ1v) is 12.9. The quantitative estimate of drug-likeness (QED) is 0.167. The summed E-state index contributed by atoms with van der Waals surface area (Å²) in [6.07, 6.45) is 1.57. The van der Waals surface area contributed by atoms with Crippen LogP contribution in [0.25, 0.3) is 5.69 Å². The summed E-state index contributed by atoms with van der Waals surface area (Å²) < 4.78 is 14.6. The highest BCUT2D eigenvalue weighted by atomic mass is 79.9. The number of carbonyl (C=O) groups excluding carboxylic acids is 1. The molecule has 1 N–H and O–H groups in total. The Bertz CT molecular complexity index is 1410. The number of nitrogens with one attached hydrogen (secondary N) is 1. The highest BCUT2D eigenvalue weighted by Gasteiger charge is 2.12. The molecule has 0 fully saturated rings. The Morgan fingerprint density at radius 1 is 1.00 bits per heavy atom. The Balaban J connectivity index is 1.46. The SMILES string of the molecule is CCOc1cc(/C=N\NC(=O)c2cccc(-n3c(C)ccc3C)c2)c(Br)cc1OCc1ccc(Cl)cc1. The summed E-state index contributed by atoms with van der Waals surface area (Å²) in [5.41, 5.74) is 7.97. The average Bonchev–Trinajstić information content (AvgIpc) is 3.23. The van der Waals surface area contributed by atoms with Crippen molar-refractivity contribution in [3.8, 4) is 17.2 Å². The summed E-state index contributed by atoms with van der Waals surface area (Å²) in [6.45, 7) is 6.82. The van der Waals surface area contributed by atoms with Gasteiger partial charge in [0.05, 0.1) is 12.8 Å². The molecule has 1 amide bonds. The molecule has 0 aliphatic carbocycles. The highest BCUT2D eigenvalue weighted by molar-refractivity contribution is 9.10. The number of hydrogen-bond acceptors (Lipinski definition) is 4. The minimum Gasteiger partial charge on any atom is -0.490 e. The Kier molecular flexibility index (Phi) is 8.69. The minimum atomic E-state index is -0.301. The summed E-state index contributed by atoms with van der Waals surface area (Å²) in [7, 11) is 0. The number of nitrogens with zero attached hydrogens (tertiary/aromatic N) is 2. The maximum absolute atomic E-state index is 12.8. The van der Waals surface area contributed by atoms with Gasteiger partial charge >= 0.3 is 0 Å². The minimum absolute atomic E-state index is 0.301. The van der Waals surface area contributed by atoms with Gasteiger partial charge < -0.3 is 14.0 Å². The van der Waals surface area contributed by atoms with E-state index < -0.39 is 0 Å². The maximum atomic E-state index is 12.8. The van der Waals surface area contributed by atoms with Crippen molar-refractivity contribution in [3.63, 3.8) is 0 Å². The van der Waals surface area contributed by atoms with Crippen molar-refractivity contribution in [2.24, 2.45) is 5.10 Å². The molecule has 190 valence electrons. The molecule has 37 heavy (non-hydrogen) atoms. The van der Waals surface area contributed by atoms with Crippen LogP contribution in [0.5, 0.6) is 11.5 Å². The second-order valence-corrected chi connectivity index (χ2v) is 9.66. The zero-order valence-corrected chi connectivity index (χ0v) is 23.1. The molecule has 0 spiro atoms. The number of rotatable bonds is 9. The lowest BCUT2D eigenvalue weighted by Gasteiger charge is -2.14. The molecule has 3 aromatic carbocycles. The molecule has 0 bridgehead atoms. The fraction of sp³-hybridized carbons (Fsp3) is 0.172. The van der Waals surface area contributed by atoms with Gasteiger partial charge in [-0.2, -0.15) is 5.10 Å².